The second-order valence-electron chi connectivity index (χ2n) is 6.44. The van der Waals surface area contributed by atoms with Gasteiger partial charge < -0.3 is 19.9 Å². The van der Waals surface area contributed by atoms with E-state index in [2.05, 4.69) is 27.1 Å². The molecule has 0 radical (unpaired) electrons. The van der Waals surface area contributed by atoms with Gasteiger partial charge in [-0.15, -0.1) is 0 Å². The molecule has 0 bridgehead atoms. The number of carbonyl (C=O) groups excluding carboxylic acids is 1. The lowest BCUT2D eigenvalue weighted by molar-refractivity contribution is 0.0637. The third-order valence-electron chi connectivity index (χ3n) is 4.74. The number of piperazine rings is 1. The molecule has 1 aromatic heterocycles. The van der Waals surface area contributed by atoms with Crippen LogP contribution in [-0.2, 0) is 0 Å². The molecule has 27 heavy (non-hydrogen) atoms. The van der Waals surface area contributed by atoms with E-state index in [-0.39, 0.29) is 5.91 Å². The minimum Gasteiger partial charge on any atom is -0.495 e. The highest BCUT2D eigenvalue weighted by atomic mass is 35.5. The maximum atomic E-state index is 12.8. The molecule has 2 aromatic rings. The number of hydrogen-bond acceptors (Lipinski definition) is 6. The number of anilines is 2. The molecular weight excluding hydrogens is 366 g/mol. The Kier molecular flexibility index (Phi) is 6.13. The highest BCUT2D eigenvalue weighted by molar-refractivity contribution is 6.31. The van der Waals surface area contributed by atoms with Crippen LogP contribution in [0.15, 0.2) is 24.5 Å². The van der Waals surface area contributed by atoms with Crippen molar-refractivity contribution in [3.05, 3.63) is 40.8 Å². The van der Waals surface area contributed by atoms with Gasteiger partial charge in [0.25, 0.3) is 5.91 Å². The number of ether oxygens (including phenoxy) is 1. The van der Waals surface area contributed by atoms with Crippen LogP contribution in [0.4, 0.5) is 11.5 Å². The number of likely N-dealkylation sites (N-methyl/N-ethyl adjacent to an activating group) is 1. The summed E-state index contributed by atoms with van der Waals surface area (Å²) in [6.45, 7) is 8.25. The van der Waals surface area contributed by atoms with Gasteiger partial charge in [-0.2, -0.15) is 0 Å². The summed E-state index contributed by atoms with van der Waals surface area (Å²) in [5.74, 6) is 1.06. The van der Waals surface area contributed by atoms with Gasteiger partial charge in [0, 0.05) is 43.3 Å². The summed E-state index contributed by atoms with van der Waals surface area (Å²) in [5.41, 5.74) is 2.02. The van der Waals surface area contributed by atoms with E-state index in [1.807, 2.05) is 17.9 Å². The summed E-state index contributed by atoms with van der Waals surface area (Å²) in [7, 11) is 1.58. The lowest BCUT2D eigenvalue weighted by Gasteiger charge is -2.33. The summed E-state index contributed by atoms with van der Waals surface area (Å²) in [5, 5.41) is 3.82. The molecule has 0 aliphatic carbocycles. The number of aryl methyl sites for hydroxylation is 1. The van der Waals surface area contributed by atoms with Crippen molar-refractivity contribution in [2.75, 3.05) is 45.2 Å². The maximum Gasteiger partial charge on any atom is 0.272 e. The monoisotopic (exact) mass is 389 g/mol. The molecule has 7 nitrogen and oxygen atoms in total. The summed E-state index contributed by atoms with van der Waals surface area (Å²) < 4.78 is 5.38. The summed E-state index contributed by atoms with van der Waals surface area (Å²) >= 11 is 6.15. The summed E-state index contributed by atoms with van der Waals surface area (Å²) in [6, 6.07) is 5.30. The molecule has 1 saturated heterocycles. The SMILES string of the molecule is CCN1CCN(C(=O)c2cc(Nc3cc(C)c(Cl)cc3OC)ncn2)CC1. The predicted octanol–water partition coefficient (Wildman–Crippen LogP) is 2.97. The zero-order chi connectivity index (χ0) is 19.4. The molecule has 1 aliphatic rings. The second-order valence-corrected chi connectivity index (χ2v) is 6.85. The molecule has 8 heteroatoms. The topological polar surface area (TPSA) is 70.6 Å². The summed E-state index contributed by atoms with van der Waals surface area (Å²) in [4.78, 5) is 25.3. The molecule has 0 atom stereocenters. The first-order chi connectivity index (χ1) is 13.0. The fourth-order valence-corrected chi connectivity index (χ4v) is 3.19. The first kappa shape index (κ1) is 19.4. The molecule has 1 N–H and O–H groups in total. The largest absolute Gasteiger partial charge is 0.495 e. The fraction of sp³-hybridized carbons (Fsp3) is 0.421. The Hall–Kier alpha value is -2.38. The van der Waals surface area contributed by atoms with Crippen LogP contribution in [0.5, 0.6) is 5.75 Å². The molecule has 144 valence electrons. The number of nitrogens with zero attached hydrogens (tertiary/aromatic N) is 4. The van der Waals surface area contributed by atoms with Crippen LogP contribution in [0.3, 0.4) is 0 Å². The van der Waals surface area contributed by atoms with Crippen molar-refractivity contribution in [1.82, 2.24) is 19.8 Å². The van der Waals surface area contributed by atoms with Gasteiger partial charge in [-0.05, 0) is 25.1 Å². The Morgan fingerprint density at radius 2 is 1.96 bits per heavy atom. The van der Waals surface area contributed by atoms with Gasteiger partial charge in [0.05, 0.1) is 12.8 Å². The number of rotatable bonds is 5. The number of aromatic nitrogens is 2. The number of halogens is 1. The van der Waals surface area contributed by atoms with Gasteiger partial charge in [0.2, 0.25) is 0 Å². The Balaban J connectivity index is 1.76. The zero-order valence-electron chi connectivity index (χ0n) is 15.8. The molecule has 0 saturated carbocycles. The average Bonchev–Trinajstić information content (AvgIpc) is 2.70. The van der Waals surface area contributed by atoms with Gasteiger partial charge in [-0.25, -0.2) is 9.97 Å². The van der Waals surface area contributed by atoms with Crippen LogP contribution < -0.4 is 10.1 Å². The van der Waals surface area contributed by atoms with Gasteiger partial charge in [0.15, 0.2) is 0 Å². The van der Waals surface area contributed by atoms with E-state index in [9.17, 15) is 4.79 Å². The maximum absolute atomic E-state index is 12.8. The number of hydrogen-bond donors (Lipinski definition) is 1. The van der Waals surface area contributed by atoms with E-state index in [4.69, 9.17) is 16.3 Å². The smallest absolute Gasteiger partial charge is 0.272 e. The van der Waals surface area contributed by atoms with Crippen LogP contribution in [0.2, 0.25) is 5.02 Å². The van der Waals surface area contributed by atoms with Gasteiger partial charge in [-0.3, -0.25) is 4.79 Å². The first-order valence-corrected chi connectivity index (χ1v) is 9.34. The van der Waals surface area contributed by atoms with Gasteiger partial charge in [-0.1, -0.05) is 18.5 Å². The highest BCUT2D eigenvalue weighted by Crippen LogP contribution is 2.32. The third kappa shape index (κ3) is 4.48. The van der Waals surface area contributed by atoms with Crippen molar-refractivity contribution in [3.63, 3.8) is 0 Å². The van der Waals surface area contributed by atoms with Crippen molar-refractivity contribution < 1.29 is 9.53 Å². The molecule has 0 unspecified atom stereocenters. The van der Waals surface area contributed by atoms with E-state index < -0.39 is 0 Å². The van der Waals surface area contributed by atoms with Gasteiger partial charge in [0.1, 0.15) is 23.6 Å². The Morgan fingerprint density at radius 1 is 1.22 bits per heavy atom. The lowest BCUT2D eigenvalue weighted by atomic mass is 10.2. The first-order valence-electron chi connectivity index (χ1n) is 8.96. The molecule has 1 fully saturated rings. The van der Waals surface area contributed by atoms with E-state index in [1.165, 1.54) is 6.33 Å². The predicted molar refractivity (Wildman–Crippen MR) is 106 cm³/mol. The van der Waals surface area contributed by atoms with E-state index in [1.54, 1.807) is 19.2 Å². The van der Waals surface area contributed by atoms with Crippen molar-refractivity contribution >= 4 is 29.0 Å². The standard InChI is InChI=1S/C19H24ClN5O2/c1-4-24-5-7-25(8-6-24)19(26)16-11-18(22-12-21-16)23-15-9-13(2)14(20)10-17(15)27-3/h9-12H,4-8H2,1-3H3,(H,21,22,23). The van der Waals surface area contributed by atoms with E-state index in [0.717, 1.165) is 30.9 Å². The molecule has 1 aliphatic heterocycles. The van der Waals surface area contributed by atoms with Crippen LogP contribution in [0.25, 0.3) is 0 Å². The fourth-order valence-electron chi connectivity index (χ4n) is 3.04. The quantitative estimate of drug-likeness (QED) is 0.847. The zero-order valence-corrected chi connectivity index (χ0v) is 16.6. The van der Waals surface area contributed by atoms with E-state index in [0.29, 0.717) is 35.4 Å². The minimum absolute atomic E-state index is 0.0737. The van der Waals surface area contributed by atoms with Crippen LogP contribution in [-0.4, -0.2) is 65.5 Å². The molecular formula is C19H24ClN5O2. The Labute approximate surface area is 164 Å². The number of benzene rings is 1. The summed E-state index contributed by atoms with van der Waals surface area (Å²) in [6.07, 6.45) is 1.40. The molecule has 3 rings (SSSR count). The van der Waals surface area contributed by atoms with Crippen molar-refractivity contribution in [1.29, 1.82) is 0 Å². The minimum atomic E-state index is -0.0737. The van der Waals surface area contributed by atoms with Crippen LogP contribution in [0.1, 0.15) is 23.0 Å². The van der Waals surface area contributed by atoms with Crippen LogP contribution >= 0.6 is 11.6 Å². The Morgan fingerprint density at radius 3 is 2.63 bits per heavy atom. The number of nitrogens with one attached hydrogen (secondary N) is 1. The van der Waals surface area contributed by atoms with E-state index >= 15 is 0 Å². The number of amides is 1. The molecule has 1 amide bonds. The van der Waals surface area contributed by atoms with Crippen molar-refractivity contribution in [2.45, 2.75) is 13.8 Å². The number of carbonyl (C=O) groups is 1. The third-order valence-corrected chi connectivity index (χ3v) is 5.14. The lowest BCUT2D eigenvalue weighted by Crippen LogP contribution is -2.48. The van der Waals surface area contributed by atoms with Crippen molar-refractivity contribution in [2.24, 2.45) is 0 Å². The average molecular weight is 390 g/mol. The molecule has 1 aromatic carbocycles. The molecule has 2 heterocycles. The molecule has 0 spiro atoms. The second kappa shape index (κ2) is 8.54. The number of methoxy groups -OCH3 is 1. The highest BCUT2D eigenvalue weighted by Gasteiger charge is 2.22. The Bertz CT molecular complexity index is 822. The van der Waals surface area contributed by atoms with Crippen molar-refractivity contribution in [3.8, 4) is 5.75 Å². The van der Waals surface area contributed by atoms with Crippen LogP contribution in [0, 0.1) is 6.92 Å². The normalized spacial score (nSPS) is 14.9. The van der Waals surface area contributed by atoms with Gasteiger partial charge >= 0.3 is 0 Å².